The first-order valence-corrected chi connectivity index (χ1v) is 9.57. The molecule has 0 spiro atoms. The molecule has 0 saturated carbocycles. The van der Waals surface area contributed by atoms with Gasteiger partial charge in [-0.2, -0.15) is 0 Å². The van der Waals surface area contributed by atoms with Crippen LogP contribution in [0.2, 0.25) is 0 Å². The molecule has 4 nitrogen and oxygen atoms in total. The van der Waals surface area contributed by atoms with Crippen LogP contribution < -0.4 is 4.74 Å². The van der Waals surface area contributed by atoms with Gasteiger partial charge in [-0.1, -0.05) is 44.2 Å². The summed E-state index contributed by atoms with van der Waals surface area (Å²) >= 11 is 0. The van der Waals surface area contributed by atoms with Gasteiger partial charge in [0.2, 0.25) is 0 Å². The average molecular weight is 351 g/mol. The van der Waals surface area contributed by atoms with Crippen molar-refractivity contribution in [3.8, 4) is 5.75 Å². The fourth-order valence-corrected chi connectivity index (χ4v) is 3.34. The van der Waals surface area contributed by atoms with Crippen LogP contribution in [0, 0.1) is 6.92 Å². The first-order valence-electron chi connectivity index (χ1n) is 9.57. The number of hydrogen-bond donors (Lipinski definition) is 0. The van der Waals surface area contributed by atoms with Crippen molar-refractivity contribution < 1.29 is 4.74 Å². The molecular formula is C22H29N3O. The molecular weight excluding hydrogens is 322 g/mol. The molecule has 0 atom stereocenters. The Hall–Kier alpha value is -2.33. The molecule has 0 bridgehead atoms. The zero-order valence-corrected chi connectivity index (χ0v) is 16.1. The summed E-state index contributed by atoms with van der Waals surface area (Å²) < 4.78 is 8.39. The third-order valence-corrected chi connectivity index (χ3v) is 4.93. The van der Waals surface area contributed by atoms with E-state index in [4.69, 9.17) is 9.72 Å². The minimum absolute atomic E-state index is 0.491. The van der Waals surface area contributed by atoms with Crippen molar-refractivity contribution in [1.82, 2.24) is 14.5 Å². The molecule has 1 aromatic heterocycles. The number of imidazole rings is 1. The van der Waals surface area contributed by atoms with Crippen LogP contribution in [-0.2, 0) is 13.2 Å². The average Bonchev–Trinajstić information content (AvgIpc) is 3.02. The van der Waals surface area contributed by atoms with Gasteiger partial charge in [-0.25, -0.2) is 4.98 Å². The molecule has 1 heterocycles. The van der Waals surface area contributed by atoms with Gasteiger partial charge in [-0.05, 0) is 56.7 Å². The third kappa shape index (κ3) is 4.25. The van der Waals surface area contributed by atoms with Crippen LogP contribution >= 0.6 is 0 Å². The van der Waals surface area contributed by atoms with E-state index >= 15 is 0 Å². The second-order valence-corrected chi connectivity index (χ2v) is 6.60. The smallest absolute Gasteiger partial charge is 0.147 e. The van der Waals surface area contributed by atoms with Crippen LogP contribution in [-0.4, -0.2) is 34.1 Å². The molecule has 0 aliphatic rings. The van der Waals surface area contributed by atoms with E-state index in [1.54, 1.807) is 0 Å². The van der Waals surface area contributed by atoms with Gasteiger partial charge in [0.05, 0.1) is 11.0 Å². The Morgan fingerprint density at radius 2 is 1.73 bits per heavy atom. The Bertz CT molecular complexity index is 836. The maximum atomic E-state index is 6.07. The zero-order chi connectivity index (χ0) is 18.4. The number of fused-ring (bicyclic) bond motifs is 1. The number of aromatic nitrogens is 2. The summed E-state index contributed by atoms with van der Waals surface area (Å²) in [6.07, 6.45) is 1.11. The molecule has 0 radical (unpaired) electrons. The predicted molar refractivity (Wildman–Crippen MR) is 108 cm³/mol. The normalized spacial score (nSPS) is 11.4. The Labute approximate surface area is 156 Å². The maximum Gasteiger partial charge on any atom is 0.147 e. The molecule has 0 fully saturated rings. The summed E-state index contributed by atoms with van der Waals surface area (Å²) in [6, 6.07) is 16.5. The van der Waals surface area contributed by atoms with Gasteiger partial charge in [0.15, 0.2) is 0 Å². The number of rotatable bonds is 9. The van der Waals surface area contributed by atoms with Gasteiger partial charge in [0.25, 0.3) is 0 Å². The topological polar surface area (TPSA) is 30.3 Å². The highest BCUT2D eigenvalue weighted by molar-refractivity contribution is 5.75. The summed E-state index contributed by atoms with van der Waals surface area (Å²) in [4.78, 5) is 7.28. The quantitative estimate of drug-likeness (QED) is 0.562. The molecule has 2 aromatic carbocycles. The molecule has 0 saturated heterocycles. The Kier molecular flexibility index (Phi) is 6.29. The third-order valence-electron chi connectivity index (χ3n) is 4.93. The molecule has 4 heteroatoms. The van der Waals surface area contributed by atoms with Gasteiger partial charge < -0.3 is 14.2 Å². The minimum Gasteiger partial charge on any atom is -0.485 e. The van der Waals surface area contributed by atoms with Crippen molar-refractivity contribution >= 4 is 11.0 Å². The fourth-order valence-electron chi connectivity index (χ4n) is 3.34. The van der Waals surface area contributed by atoms with E-state index in [1.807, 2.05) is 24.3 Å². The highest BCUT2D eigenvalue weighted by Crippen LogP contribution is 2.21. The molecule has 0 N–H and O–H groups in total. The molecule has 0 unspecified atom stereocenters. The van der Waals surface area contributed by atoms with Gasteiger partial charge in [0.1, 0.15) is 18.2 Å². The van der Waals surface area contributed by atoms with E-state index in [0.29, 0.717) is 6.61 Å². The molecule has 138 valence electrons. The van der Waals surface area contributed by atoms with Crippen LogP contribution in [0.25, 0.3) is 11.0 Å². The summed E-state index contributed by atoms with van der Waals surface area (Å²) in [5.74, 6) is 1.92. The van der Waals surface area contributed by atoms with Crippen LogP contribution in [0.4, 0.5) is 0 Å². The highest BCUT2D eigenvalue weighted by atomic mass is 16.5. The minimum atomic E-state index is 0.491. The van der Waals surface area contributed by atoms with Gasteiger partial charge in [-0.3, -0.25) is 0 Å². The molecule has 26 heavy (non-hydrogen) atoms. The Balaban J connectivity index is 1.77. The highest BCUT2D eigenvalue weighted by Gasteiger charge is 2.12. The van der Waals surface area contributed by atoms with Crippen LogP contribution in [0.5, 0.6) is 5.75 Å². The van der Waals surface area contributed by atoms with E-state index in [-0.39, 0.29) is 0 Å². The van der Waals surface area contributed by atoms with E-state index < -0.39 is 0 Å². The maximum absolute atomic E-state index is 6.07. The number of benzene rings is 2. The molecule has 0 amide bonds. The van der Waals surface area contributed by atoms with Crippen molar-refractivity contribution in [3.63, 3.8) is 0 Å². The largest absolute Gasteiger partial charge is 0.485 e. The van der Waals surface area contributed by atoms with Gasteiger partial charge >= 0.3 is 0 Å². The number of nitrogens with zero attached hydrogens (tertiary/aromatic N) is 3. The van der Waals surface area contributed by atoms with E-state index in [0.717, 1.165) is 55.3 Å². The molecule has 0 aliphatic carbocycles. The second-order valence-electron chi connectivity index (χ2n) is 6.60. The van der Waals surface area contributed by atoms with Crippen molar-refractivity contribution in [3.05, 3.63) is 59.9 Å². The lowest BCUT2D eigenvalue weighted by Gasteiger charge is -2.18. The number of para-hydroxylation sites is 3. The number of ether oxygens (including phenoxy) is 1. The first-order chi connectivity index (χ1) is 12.7. The Morgan fingerprint density at radius 3 is 2.50 bits per heavy atom. The predicted octanol–water partition coefficient (Wildman–Crippen LogP) is 4.66. The summed E-state index contributed by atoms with van der Waals surface area (Å²) in [6.45, 7) is 11.3. The fraction of sp³-hybridized carbons (Fsp3) is 0.409. The lowest BCUT2D eigenvalue weighted by atomic mass is 10.2. The van der Waals surface area contributed by atoms with Crippen LogP contribution in [0.1, 0.15) is 31.7 Å². The van der Waals surface area contributed by atoms with Gasteiger partial charge in [0, 0.05) is 6.54 Å². The van der Waals surface area contributed by atoms with E-state index in [9.17, 15) is 0 Å². The SMILES string of the molecule is CCN(CC)CCCn1c(COc2ccccc2C)nc2ccccc21. The van der Waals surface area contributed by atoms with Crippen molar-refractivity contribution in [1.29, 1.82) is 0 Å². The van der Waals surface area contributed by atoms with Crippen LogP contribution in [0.3, 0.4) is 0 Å². The molecule has 3 aromatic rings. The standard InChI is InChI=1S/C22H29N3O/c1-4-24(5-2)15-10-16-25-20-13-8-7-12-19(20)23-22(25)17-26-21-14-9-6-11-18(21)3/h6-9,11-14H,4-5,10,15-17H2,1-3H3. The zero-order valence-electron chi connectivity index (χ0n) is 16.1. The van der Waals surface area contributed by atoms with Crippen molar-refractivity contribution in [2.24, 2.45) is 0 Å². The molecule has 0 aliphatic heterocycles. The number of hydrogen-bond acceptors (Lipinski definition) is 3. The first kappa shape index (κ1) is 18.5. The lowest BCUT2D eigenvalue weighted by molar-refractivity contribution is 0.278. The monoisotopic (exact) mass is 351 g/mol. The molecule has 3 rings (SSSR count). The van der Waals surface area contributed by atoms with Crippen molar-refractivity contribution in [2.45, 2.75) is 40.3 Å². The summed E-state index contributed by atoms with van der Waals surface area (Å²) in [5.41, 5.74) is 3.38. The van der Waals surface area contributed by atoms with Crippen LogP contribution in [0.15, 0.2) is 48.5 Å². The number of aryl methyl sites for hydroxylation is 2. The summed E-state index contributed by atoms with van der Waals surface area (Å²) in [5, 5.41) is 0. The lowest BCUT2D eigenvalue weighted by Crippen LogP contribution is -2.25. The van der Waals surface area contributed by atoms with E-state index in [2.05, 4.69) is 54.5 Å². The summed E-state index contributed by atoms with van der Waals surface area (Å²) in [7, 11) is 0. The second kappa shape index (κ2) is 8.86. The van der Waals surface area contributed by atoms with E-state index in [1.165, 1.54) is 5.52 Å². The van der Waals surface area contributed by atoms with Crippen molar-refractivity contribution in [2.75, 3.05) is 19.6 Å². The van der Waals surface area contributed by atoms with Gasteiger partial charge in [-0.15, -0.1) is 0 Å². The Morgan fingerprint density at radius 1 is 1.00 bits per heavy atom.